The van der Waals surface area contributed by atoms with E-state index in [4.69, 9.17) is 21.4 Å². The maximum Gasteiger partial charge on any atom is 0.306 e. The molecule has 0 saturated carbocycles. The van der Waals surface area contributed by atoms with Crippen LogP contribution in [-0.2, 0) is 20.9 Å². The molecule has 7 nitrogen and oxygen atoms in total. The van der Waals surface area contributed by atoms with Crippen molar-refractivity contribution in [1.29, 1.82) is 0 Å². The first-order valence-electron chi connectivity index (χ1n) is 9.43. The van der Waals surface area contributed by atoms with Gasteiger partial charge in [-0.15, -0.1) is 0 Å². The van der Waals surface area contributed by atoms with Crippen LogP contribution in [0.4, 0.5) is 0 Å². The molecule has 2 aromatic rings. The second-order valence-corrected chi connectivity index (χ2v) is 7.45. The van der Waals surface area contributed by atoms with Gasteiger partial charge in [-0.25, -0.2) is 0 Å². The van der Waals surface area contributed by atoms with Crippen LogP contribution in [0.5, 0.6) is 0 Å². The maximum atomic E-state index is 12.6. The number of aliphatic carboxylic acids is 1. The Morgan fingerprint density at radius 3 is 2.83 bits per heavy atom. The highest BCUT2D eigenvalue weighted by atomic mass is 35.5. The summed E-state index contributed by atoms with van der Waals surface area (Å²) in [4.78, 5) is 25.0. The van der Waals surface area contributed by atoms with Gasteiger partial charge < -0.3 is 14.7 Å². The molecule has 3 rings (SSSR count). The zero-order valence-electron chi connectivity index (χ0n) is 16.5. The number of carbonyl (C=O) groups excluding carboxylic acids is 1. The van der Waals surface area contributed by atoms with Gasteiger partial charge in [0.15, 0.2) is 0 Å². The molecule has 29 heavy (non-hydrogen) atoms. The molecule has 1 unspecified atom stereocenters. The van der Waals surface area contributed by atoms with Gasteiger partial charge in [0.2, 0.25) is 5.91 Å². The number of nitrogens with zero attached hydrogens (tertiary/aromatic N) is 3. The van der Waals surface area contributed by atoms with E-state index in [1.807, 2.05) is 42.8 Å². The molecular weight excluding hydrogens is 394 g/mol. The normalized spacial score (nSPS) is 17.1. The topological polar surface area (TPSA) is 84.7 Å². The molecule has 1 fully saturated rings. The summed E-state index contributed by atoms with van der Waals surface area (Å²) in [5.41, 5.74) is 3.63. The number of ether oxygens (including phenoxy) is 1. The van der Waals surface area contributed by atoms with Gasteiger partial charge in [-0.1, -0.05) is 29.8 Å². The zero-order chi connectivity index (χ0) is 21.0. The molecule has 2 heterocycles. The van der Waals surface area contributed by atoms with Crippen molar-refractivity contribution < 1.29 is 19.4 Å². The van der Waals surface area contributed by atoms with Crippen LogP contribution >= 0.6 is 11.6 Å². The monoisotopic (exact) mass is 417 g/mol. The molecule has 1 aliphatic rings. The van der Waals surface area contributed by atoms with Crippen molar-refractivity contribution in [3.63, 3.8) is 0 Å². The van der Waals surface area contributed by atoms with Crippen LogP contribution in [0.3, 0.4) is 0 Å². The number of carboxylic acid groups (broad SMARTS) is 1. The molecule has 1 atom stereocenters. The van der Waals surface area contributed by atoms with Crippen LogP contribution in [0.1, 0.15) is 28.9 Å². The quantitative estimate of drug-likeness (QED) is 0.730. The van der Waals surface area contributed by atoms with Crippen LogP contribution in [0.25, 0.3) is 6.08 Å². The van der Waals surface area contributed by atoms with Crippen LogP contribution in [0, 0.1) is 13.8 Å². The van der Waals surface area contributed by atoms with E-state index in [1.165, 1.54) is 6.08 Å². The highest BCUT2D eigenvalue weighted by Gasteiger charge is 2.25. The average molecular weight is 418 g/mol. The van der Waals surface area contributed by atoms with Crippen LogP contribution in [0.2, 0.25) is 5.02 Å². The van der Waals surface area contributed by atoms with Crippen molar-refractivity contribution in [3.8, 4) is 0 Å². The Bertz CT molecular complexity index is 938. The Hall–Kier alpha value is -2.64. The van der Waals surface area contributed by atoms with Gasteiger partial charge in [0, 0.05) is 35.4 Å². The van der Waals surface area contributed by atoms with Crippen LogP contribution in [-0.4, -0.2) is 57.5 Å². The average Bonchev–Trinajstić information content (AvgIpc) is 2.94. The zero-order valence-corrected chi connectivity index (χ0v) is 17.2. The molecule has 0 bridgehead atoms. The van der Waals surface area contributed by atoms with E-state index in [-0.39, 0.29) is 18.9 Å². The van der Waals surface area contributed by atoms with Crippen molar-refractivity contribution in [1.82, 2.24) is 14.7 Å². The molecule has 1 aliphatic heterocycles. The number of hydrogen-bond donors (Lipinski definition) is 1. The molecule has 1 amide bonds. The van der Waals surface area contributed by atoms with Gasteiger partial charge in [0.25, 0.3) is 0 Å². The first-order valence-corrected chi connectivity index (χ1v) is 9.80. The Kier molecular flexibility index (Phi) is 6.71. The second kappa shape index (κ2) is 9.24. The fraction of sp³-hybridized carbons (Fsp3) is 0.381. The minimum absolute atomic E-state index is 0.111. The summed E-state index contributed by atoms with van der Waals surface area (Å²) in [5.74, 6) is -1.10. The van der Waals surface area contributed by atoms with E-state index >= 15 is 0 Å². The lowest BCUT2D eigenvalue weighted by Gasteiger charge is -2.31. The third kappa shape index (κ3) is 5.25. The summed E-state index contributed by atoms with van der Waals surface area (Å²) in [5, 5.41) is 14.2. The van der Waals surface area contributed by atoms with E-state index in [1.54, 1.807) is 11.0 Å². The summed E-state index contributed by atoms with van der Waals surface area (Å²) in [7, 11) is 0. The number of rotatable bonds is 6. The Labute approximate surface area is 174 Å². The van der Waals surface area contributed by atoms with E-state index < -0.39 is 12.1 Å². The van der Waals surface area contributed by atoms with Crippen molar-refractivity contribution >= 4 is 29.6 Å². The Morgan fingerprint density at radius 1 is 1.34 bits per heavy atom. The predicted molar refractivity (Wildman–Crippen MR) is 110 cm³/mol. The highest BCUT2D eigenvalue weighted by Crippen LogP contribution is 2.20. The second-order valence-electron chi connectivity index (χ2n) is 7.04. The number of hydrogen-bond acceptors (Lipinski definition) is 4. The highest BCUT2D eigenvalue weighted by molar-refractivity contribution is 6.31. The van der Waals surface area contributed by atoms with Gasteiger partial charge in [-0.05, 0) is 31.6 Å². The fourth-order valence-corrected chi connectivity index (χ4v) is 3.59. The van der Waals surface area contributed by atoms with Crippen molar-refractivity contribution in [2.45, 2.75) is 32.9 Å². The molecular formula is C21H24ClN3O4. The largest absolute Gasteiger partial charge is 0.481 e. The van der Waals surface area contributed by atoms with Crippen molar-refractivity contribution in [2.24, 2.45) is 0 Å². The molecule has 1 N–H and O–H groups in total. The lowest BCUT2D eigenvalue weighted by atomic mass is 10.1. The Morgan fingerprint density at radius 2 is 2.10 bits per heavy atom. The minimum Gasteiger partial charge on any atom is -0.481 e. The van der Waals surface area contributed by atoms with Gasteiger partial charge in [-0.3, -0.25) is 14.3 Å². The van der Waals surface area contributed by atoms with Gasteiger partial charge in [0.05, 0.1) is 31.4 Å². The summed E-state index contributed by atoms with van der Waals surface area (Å²) >= 11 is 6.25. The maximum absolute atomic E-state index is 12.6. The smallest absolute Gasteiger partial charge is 0.306 e. The SMILES string of the molecule is Cc1nn(Cc2ccccc2Cl)c(C)c1C=CC(=O)N1CCOC(CC(=O)O)C1. The molecule has 0 spiro atoms. The van der Waals surface area contributed by atoms with E-state index in [0.717, 1.165) is 22.5 Å². The van der Waals surface area contributed by atoms with Crippen LogP contribution < -0.4 is 0 Å². The third-order valence-electron chi connectivity index (χ3n) is 4.96. The molecule has 8 heteroatoms. The number of benzene rings is 1. The number of morpholine rings is 1. The lowest BCUT2D eigenvalue weighted by molar-refractivity contribution is -0.145. The summed E-state index contributed by atoms with van der Waals surface area (Å²) < 4.78 is 7.29. The van der Waals surface area contributed by atoms with Crippen LogP contribution in [0.15, 0.2) is 30.3 Å². The number of carbonyl (C=O) groups is 2. The lowest BCUT2D eigenvalue weighted by Crippen LogP contribution is -2.45. The third-order valence-corrected chi connectivity index (χ3v) is 5.33. The number of amides is 1. The predicted octanol–water partition coefficient (Wildman–Crippen LogP) is 2.92. The van der Waals surface area contributed by atoms with Gasteiger partial charge in [0.1, 0.15) is 0 Å². The fourth-order valence-electron chi connectivity index (χ4n) is 3.39. The van der Waals surface area contributed by atoms with Gasteiger partial charge in [-0.2, -0.15) is 5.10 Å². The molecule has 154 valence electrons. The molecule has 1 aromatic heterocycles. The first-order chi connectivity index (χ1) is 13.8. The summed E-state index contributed by atoms with van der Waals surface area (Å²) in [6.07, 6.45) is 2.70. The Balaban J connectivity index is 1.70. The first kappa shape index (κ1) is 21.1. The molecule has 0 aliphatic carbocycles. The number of halogens is 1. The number of carboxylic acids is 1. The summed E-state index contributed by atoms with van der Waals surface area (Å²) in [6, 6.07) is 7.64. The van der Waals surface area contributed by atoms with E-state index in [9.17, 15) is 9.59 Å². The van der Waals surface area contributed by atoms with Crippen molar-refractivity contribution in [2.75, 3.05) is 19.7 Å². The van der Waals surface area contributed by atoms with Gasteiger partial charge >= 0.3 is 5.97 Å². The molecule has 1 aromatic carbocycles. The molecule has 1 saturated heterocycles. The number of aryl methyl sites for hydroxylation is 1. The summed E-state index contributed by atoms with van der Waals surface area (Å²) in [6.45, 7) is 5.47. The van der Waals surface area contributed by atoms with Crippen molar-refractivity contribution in [3.05, 3.63) is 57.9 Å². The van der Waals surface area contributed by atoms with E-state index in [2.05, 4.69) is 5.10 Å². The van der Waals surface area contributed by atoms with E-state index in [0.29, 0.717) is 24.7 Å². The molecule has 0 radical (unpaired) electrons. The number of aromatic nitrogens is 2. The minimum atomic E-state index is -0.933. The standard InChI is InChI=1S/C21H24ClN3O4/c1-14-18(15(2)25(23-14)12-16-5-3-4-6-19(16)22)7-8-20(26)24-9-10-29-17(13-24)11-21(27)28/h3-8,17H,9-13H2,1-2H3,(H,27,28).